The van der Waals surface area contributed by atoms with Crippen molar-refractivity contribution in [3.63, 3.8) is 0 Å². The summed E-state index contributed by atoms with van der Waals surface area (Å²) in [4.78, 5) is 15.6. The summed E-state index contributed by atoms with van der Waals surface area (Å²) in [6.07, 6.45) is 0. The molecule has 29 heavy (non-hydrogen) atoms. The van der Waals surface area contributed by atoms with E-state index in [-0.39, 0.29) is 12.0 Å². The van der Waals surface area contributed by atoms with Crippen molar-refractivity contribution in [3.05, 3.63) is 108 Å². The summed E-state index contributed by atoms with van der Waals surface area (Å²) in [5.74, 6) is -0.638. The molecule has 150 valence electrons. The number of benzene rings is 3. The normalized spacial score (nSPS) is 12.1. The van der Waals surface area contributed by atoms with E-state index in [4.69, 9.17) is 4.74 Å². The standard InChI is InChI=1S/C26H29NO2/c1-3-27(4-2)24(21-14-8-5-9-15-21)20-29-26(28)25(22-16-10-6-11-17-22)23-18-12-7-13-19-23/h5-19,24-25H,3-4,20H2,1-2H3. The molecule has 0 bridgehead atoms. The van der Waals surface area contributed by atoms with E-state index >= 15 is 0 Å². The predicted octanol–water partition coefficient (Wildman–Crippen LogP) is 5.44. The number of esters is 1. The molecule has 3 heteroatoms. The molecule has 3 rings (SSSR count). The summed E-state index contributed by atoms with van der Waals surface area (Å²) in [6.45, 7) is 6.40. The Morgan fingerprint density at radius 3 is 1.55 bits per heavy atom. The Bertz CT molecular complexity index is 821. The van der Waals surface area contributed by atoms with Crippen LogP contribution in [0.1, 0.15) is 42.5 Å². The van der Waals surface area contributed by atoms with Gasteiger partial charge in [-0.3, -0.25) is 9.69 Å². The lowest BCUT2D eigenvalue weighted by Gasteiger charge is -2.30. The highest BCUT2D eigenvalue weighted by molar-refractivity contribution is 5.82. The first kappa shape index (κ1) is 20.8. The zero-order valence-electron chi connectivity index (χ0n) is 17.2. The summed E-state index contributed by atoms with van der Waals surface area (Å²) >= 11 is 0. The molecular weight excluding hydrogens is 358 g/mol. The lowest BCUT2D eigenvalue weighted by atomic mass is 9.91. The van der Waals surface area contributed by atoms with Crippen LogP contribution in [-0.4, -0.2) is 30.6 Å². The average molecular weight is 388 g/mol. The molecule has 0 saturated heterocycles. The lowest BCUT2D eigenvalue weighted by molar-refractivity contribution is -0.146. The molecule has 1 unspecified atom stereocenters. The van der Waals surface area contributed by atoms with E-state index in [1.807, 2.05) is 78.9 Å². The number of ether oxygens (including phenoxy) is 1. The highest BCUT2D eigenvalue weighted by atomic mass is 16.5. The molecule has 1 atom stereocenters. The summed E-state index contributed by atoms with van der Waals surface area (Å²) in [5.41, 5.74) is 3.06. The zero-order chi connectivity index (χ0) is 20.5. The molecule has 0 amide bonds. The van der Waals surface area contributed by atoms with Gasteiger partial charge in [-0.1, -0.05) is 105 Å². The quantitative estimate of drug-likeness (QED) is 0.458. The van der Waals surface area contributed by atoms with Crippen molar-refractivity contribution in [1.82, 2.24) is 4.90 Å². The van der Waals surface area contributed by atoms with Crippen LogP contribution in [0.5, 0.6) is 0 Å². The fourth-order valence-corrected chi connectivity index (χ4v) is 3.75. The minimum absolute atomic E-state index is 0.0438. The maximum Gasteiger partial charge on any atom is 0.317 e. The monoisotopic (exact) mass is 387 g/mol. The highest BCUT2D eigenvalue weighted by Gasteiger charge is 2.26. The van der Waals surface area contributed by atoms with Gasteiger partial charge in [-0.05, 0) is 29.8 Å². The highest BCUT2D eigenvalue weighted by Crippen LogP contribution is 2.27. The molecule has 3 nitrogen and oxygen atoms in total. The van der Waals surface area contributed by atoms with Crippen LogP contribution in [-0.2, 0) is 9.53 Å². The van der Waals surface area contributed by atoms with Gasteiger partial charge in [0, 0.05) is 0 Å². The fourth-order valence-electron chi connectivity index (χ4n) is 3.75. The van der Waals surface area contributed by atoms with E-state index in [0.717, 1.165) is 24.2 Å². The molecule has 0 aromatic heterocycles. The minimum atomic E-state index is -0.425. The largest absolute Gasteiger partial charge is 0.463 e. The van der Waals surface area contributed by atoms with Crippen LogP contribution in [0, 0.1) is 0 Å². The summed E-state index contributed by atoms with van der Waals surface area (Å²) in [7, 11) is 0. The molecule has 0 aliphatic rings. The van der Waals surface area contributed by atoms with Gasteiger partial charge in [0.15, 0.2) is 0 Å². The first-order valence-electron chi connectivity index (χ1n) is 10.3. The lowest BCUT2D eigenvalue weighted by Crippen LogP contribution is -2.33. The third-order valence-corrected chi connectivity index (χ3v) is 5.32. The second-order valence-electron chi connectivity index (χ2n) is 7.03. The average Bonchev–Trinajstić information content (AvgIpc) is 2.79. The van der Waals surface area contributed by atoms with Gasteiger partial charge in [0.2, 0.25) is 0 Å². The van der Waals surface area contributed by atoms with Crippen LogP contribution in [0.4, 0.5) is 0 Å². The molecule has 0 fully saturated rings. The van der Waals surface area contributed by atoms with Gasteiger partial charge in [0.25, 0.3) is 0 Å². The third-order valence-electron chi connectivity index (χ3n) is 5.32. The van der Waals surface area contributed by atoms with Crippen molar-refractivity contribution < 1.29 is 9.53 Å². The molecule has 0 heterocycles. The number of likely N-dealkylation sites (N-methyl/N-ethyl adjacent to an activating group) is 1. The van der Waals surface area contributed by atoms with Gasteiger partial charge >= 0.3 is 5.97 Å². The van der Waals surface area contributed by atoms with Crippen LogP contribution in [0.2, 0.25) is 0 Å². The van der Waals surface area contributed by atoms with Gasteiger partial charge in [0.1, 0.15) is 12.5 Å². The maximum atomic E-state index is 13.2. The SMILES string of the molecule is CCN(CC)C(COC(=O)C(c1ccccc1)c1ccccc1)c1ccccc1. The van der Waals surface area contributed by atoms with Crippen molar-refractivity contribution in [2.24, 2.45) is 0 Å². The number of carbonyl (C=O) groups excluding carboxylic acids is 1. The molecule has 0 aliphatic carbocycles. The molecular formula is C26H29NO2. The number of hydrogen-bond donors (Lipinski definition) is 0. The number of rotatable bonds is 9. The van der Waals surface area contributed by atoms with E-state index in [1.54, 1.807) is 0 Å². The van der Waals surface area contributed by atoms with Crippen molar-refractivity contribution >= 4 is 5.97 Å². The van der Waals surface area contributed by atoms with E-state index < -0.39 is 5.92 Å². The Hall–Kier alpha value is -2.91. The molecule has 0 aliphatic heterocycles. The molecule has 0 spiro atoms. The second kappa shape index (κ2) is 10.6. The summed E-state index contributed by atoms with van der Waals surface area (Å²) in [6, 6.07) is 30.0. The molecule has 0 N–H and O–H groups in total. The Balaban J connectivity index is 1.83. The van der Waals surface area contributed by atoms with Crippen LogP contribution in [0.25, 0.3) is 0 Å². The predicted molar refractivity (Wildman–Crippen MR) is 118 cm³/mol. The summed E-state index contributed by atoms with van der Waals surface area (Å²) < 4.78 is 5.93. The Kier molecular flexibility index (Phi) is 7.60. The molecule has 3 aromatic carbocycles. The van der Waals surface area contributed by atoms with Crippen LogP contribution >= 0.6 is 0 Å². The van der Waals surface area contributed by atoms with Gasteiger partial charge in [0.05, 0.1) is 6.04 Å². The molecule has 0 radical (unpaired) electrons. The van der Waals surface area contributed by atoms with Crippen LogP contribution < -0.4 is 0 Å². The van der Waals surface area contributed by atoms with Gasteiger partial charge < -0.3 is 4.74 Å². The fraction of sp³-hybridized carbons (Fsp3) is 0.269. The Morgan fingerprint density at radius 2 is 1.14 bits per heavy atom. The van der Waals surface area contributed by atoms with Gasteiger partial charge in [-0.15, -0.1) is 0 Å². The minimum Gasteiger partial charge on any atom is -0.463 e. The van der Waals surface area contributed by atoms with Crippen molar-refractivity contribution in [1.29, 1.82) is 0 Å². The van der Waals surface area contributed by atoms with Gasteiger partial charge in [-0.2, -0.15) is 0 Å². The van der Waals surface area contributed by atoms with E-state index in [1.165, 1.54) is 5.56 Å². The first-order valence-corrected chi connectivity index (χ1v) is 10.3. The Morgan fingerprint density at radius 1 is 0.724 bits per heavy atom. The van der Waals surface area contributed by atoms with E-state index in [2.05, 4.69) is 30.9 Å². The number of hydrogen-bond acceptors (Lipinski definition) is 3. The van der Waals surface area contributed by atoms with E-state index in [0.29, 0.717) is 6.61 Å². The smallest absolute Gasteiger partial charge is 0.317 e. The van der Waals surface area contributed by atoms with Crippen molar-refractivity contribution in [2.45, 2.75) is 25.8 Å². The maximum absolute atomic E-state index is 13.2. The molecule has 0 saturated carbocycles. The van der Waals surface area contributed by atoms with E-state index in [9.17, 15) is 4.79 Å². The number of carbonyl (C=O) groups is 1. The third kappa shape index (κ3) is 5.33. The van der Waals surface area contributed by atoms with Crippen molar-refractivity contribution in [2.75, 3.05) is 19.7 Å². The first-order chi connectivity index (χ1) is 14.2. The zero-order valence-corrected chi connectivity index (χ0v) is 17.2. The van der Waals surface area contributed by atoms with Gasteiger partial charge in [-0.25, -0.2) is 0 Å². The molecule has 3 aromatic rings. The van der Waals surface area contributed by atoms with Crippen molar-refractivity contribution in [3.8, 4) is 0 Å². The Labute approximate surface area is 174 Å². The van der Waals surface area contributed by atoms with Crippen LogP contribution in [0.3, 0.4) is 0 Å². The summed E-state index contributed by atoms with van der Waals surface area (Å²) in [5, 5.41) is 0. The number of nitrogens with zero attached hydrogens (tertiary/aromatic N) is 1. The topological polar surface area (TPSA) is 29.5 Å². The van der Waals surface area contributed by atoms with Crippen LogP contribution in [0.15, 0.2) is 91.0 Å². The second-order valence-corrected chi connectivity index (χ2v) is 7.03.